The van der Waals surface area contributed by atoms with Crippen molar-refractivity contribution in [1.29, 1.82) is 0 Å². The zero-order chi connectivity index (χ0) is 17.3. The third-order valence-corrected chi connectivity index (χ3v) is 4.47. The van der Waals surface area contributed by atoms with Crippen molar-refractivity contribution in [3.63, 3.8) is 0 Å². The minimum atomic E-state index is -4.19. The predicted octanol–water partition coefficient (Wildman–Crippen LogP) is 1.12. The van der Waals surface area contributed by atoms with E-state index in [1.54, 1.807) is 18.4 Å². The number of methoxy groups -OCH3 is 1. The van der Waals surface area contributed by atoms with Gasteiger partial charge >= 0.3 is 28.9 Å². The zero-order valence-electron chi connectivity index (χ0n) is 12.6. The number of rotatable bonds is 1. The topological polar surface area (TPSA) is 107 Å². The molecule has 0 aliphatic carbocycles. The van der Waals surface area contributed by atoms with Crippen molar-refractivity contribution in [3.05, 3.63) is 47.8 Å². The molecule has 0 radical (unpaired) electrons. The van der Waals surface area contributed by atoms with E-state index in [-0.39, 0.29) is 0 Å². The quantitative estimate of drug-likeness (QED) is 0.466. The van der Waals surface area contributed by atoms with E-state index in [1.807, 2.05) is 6.07 Å². The van der Waals surface area contributed by atoms with Crippen LogP contribution in [0.15, 0.2) is 47.8 Å². The Labute approximate surface area is 143 Å². The number of nitrogens with one attached hydrogen (secondary N) is 1. The molecule has 0 saturated heterocycles. The second kappa shape index (κ2) is 6.48. The van der Waals surface area contributed by atoms with Gasteiger partial charge in [0.05, 0.1) is 29.5 Å². The molecule has 126 valence electrons. The zero-order valence-corrected chi connectivity index (χ0v) is 14.1. The van der Waals surface area contributed by atoms with E-state index in [0.29, 0.717) is 0 Å². The Bertz CT molecular complexity index is 960. The number of benzene rings is 2. The second-order valence-corrected chi connectivity index (χ2v) is 6.77. The molecule has 0 bridgehead atoms. The van der Waals surface area contributed by atoms with Crippen LogP contribution >= 0.6 is 11.3 Å². The summed E-state index contributed by atoms with van der Waals surface area (Å²) in [4.78, 5) is 3.52. The molecule has 0 fully saturated rings. The first kappa shape index (κ1) is 16.8. The van der Waals surface area contributed by atoms with Gasteiger partial charge in [0.2, 0.25) is 11.2 Å². The molecule has 0 saturated carbocycles. The Hall–Kier alpha value is -2.00. The van der Waals surface area contributed by atoms with Gasteiger partial charge in [0, 0.05) is 10.1 Å². The molecule has 2 aliphatic rings. The number of hydrogen-bond donors (Lipinski definition) is 3. The predicted molar refractivity (Wildman–Crippen MR) is 85.7 cm³/mol. The molecule has 4 rings (SSSR count). The molecule has 2 aromatic rings. The number of hydrogen-bond acceptors (Lipinski definition) is 6. The van der Waals surface area contributed by atoms with Crippen molar-refractivity contribution < 1.29 is 38.6 Å². The first-order valence-electron chi connectivity index (χ1n) is 6.82. The van der Waals surface area contributed by atoms with E-state index in [0.717, 1.165) is 11.3 Å². The standard InChI is InChI=1S/C16H11NOS.ClH3O4/c1-18-10-6-7-11-13-9-19-15-5-3-2-4-12(15)16(13)17-14(11)8-10;2-1(3,4)5/h2-9H,1H3;2-4H/p+1. The van der Waals surface area contributed by atoms with Crippen molar-refractivity contribution in [3.8, 4) is 17.0 Å². The van der Waals surface area contributed by atoms with Gasteiger partial charge in [0.25, 0.3) is 0 Å². The van der Waals surface area contributed by atoms with E-state index >= 15 is 0 Å². The summed E-state index contributed by atoms with van der Waals surface area (Å²) in [6.07, 6.45) is 0. The van der Waals surface area contributed by atoms with Crippen LogP contribution in [0.3, 0.4) is 0 Å². The summed E-state index contributed by atoms with van der Waals surface area (Å²) in [5.41, 5.74) is 3.61. The summed E-state index contributed by atoms with van der Waals surface area (Å²) in [5, 5.41) is 4.75. The molecule has 2 aliphatic heterocycles. The SMILES string of the molecule is COc1ccc2c3csc4ccccc4c-3[nH+]c2c1.[O-][Cl+](O)(O)O. The summed E-state index contributed by atoms with van der Waals surface area (Å²) < 4.78 is 36.8. The van der Waals surface area contributed by atoms with Gasteiger partial charge in [-0.3, -0.25) is 0 Å². The summed E-state index contributed by atoms with van der Waals surface area (Å²) in [6, 6.07) is 14.7. The van der Waals surface area contributed by atoms with E-state index in [4.69, 9.17) is 23.4 Å². The van der Waals surface area contributed by atoms with Gasteiger partial charge in [0.1, 0.15) is 5.75 Å². The first-order chi connectivity index (χ1) is 11.4. The number of aromatic amines is 1. The first-order valence-corrected chi connectivity index (χ1v) is 9.02. The number of fused-ring (bicyclic) bond motifs is 5. The monoisotopic (exact) mass is 368 g/mol. The van der Waals surface area contributed by atoms with Gasteiger partial charge in [-0.1, -0.05) is 12.1 Å². The molecular weight excluding hydrogens is 354 g/mol. The number of halogens is 1. The second-order valence-electron chi connectivity index (χ2n) is 4.99. The van der Waals surface area contributed by atoms with Gasteiger partial charge < -0.3 is 4.74 Å². The molecule has 2 heterocycles. The van der Waals surface area contributed by atoms with Crippen LogP contribution in [0.5, 0.6) is 5.75 Å². The summed E-state index contributed by atoms with van der Waals surface area (Å²) in [5.74, 6) is 0.882. The van der Waals surface area contributed by atoms with Crippen molar-refractivity contribution in [2.75, 3.05) is 7.11 Å². The summed E-state index contributed by atoms with van der Waals surface area (Å²) in [6.45, 7) is 0. The van der Waals surface area contributed by atoms with Gasteiger partial charge in [0.15, 0.2) is 0 Å². The van der Waals surface area contributed by atoms with Gasteiger partial charge in [-0.15, -0.1) is 11.3 Å². The van der Waals surface area contributed by atoms with Crippen LogP contribution in [0.1, 0.15) is 0 Å². The Morgan fingerprint density at radius 1 is 1.08 bits per heavy atom. The molecule has 0 amide bonds. The van der Waals surface area contributed by atoms with Crippen LogP contribution in [0, 0.1) is 10.2 Å². The third kappa shape index (κ3) is 3.57. The average Bonchev–Trinajstić information content (AvgIpc) is 2.91. The van der Waals surface area contributed by atoms with Crippen LogP contribution in [-0.4, -0.2) is 21.1 Å². The molecule has 24 heavy (non-hydrogen) atoms. The molecule has 2 aromatic carbocycles. The van der Waals surface area contributed by atoms with Crippen LogP contribution in [0.2, 0.25) is 0 Å². The third-order valence-electron chi connectivity index (χ3n) is 3.51. The normalized spacial score (nSPS) is 12.2. The fourth-order valence-electron chi connectivity index (χ4n) is 2.56. The molecule has 0 atom stereocenters. The Morgan fingerprint density at radius 2 is 1.79 bits per heavy atom. The average molecular weight is 369 g/mol. The van der Waals surface area contributed by atoms with Gasteiger partial charge in [-0.2, -0.15) is 0 Å². The fourth-order valence-corrected chi connectivity index (χ4v) is 3.50. The molecular formula is C16H15ClNO5S+. The molecule has 0 aromatic heterocycles. The van der Waals surface area contributed by atoms with Crippen LogP contribution < -0.4 is 14.4 Å². The van der Waals surface area contributed by atoms with Crippen molar-refractivity contribution in [2.45, 2.75) is 0 Å². The van der Waals surface area contributed by atoms with Gasteiger partial charge in [-0.05, 0) is 24.3 Å². The number of aromatic nitrogens is 1. The minimum absolute atomic E-state index is 0.882. The molecule has 4 N–H and O–H groups in total. The van der Waals surface area contributed by atoms with Crippen molar-refractivity contribution in [1.82, 2.24) is 0 Å². The van der Waals surface area contributed by atoms with E-state index in [9.17, 15) is 0 Å². The molecule has 8 heteroatoms. The van der Waals surface area contributed by atoms with E-state index < -0.39 is 10.2 Å². The molecule has 0 unspecified atom stereocenters. The Kier molecular flexibility index (Phi) is 4.55. The number of ether oxygens (including phenoxy) is 1. The van der Waals surface area contributed by atoms with Gasteiger partial charge in [-0.25, -0.2) is 4.98 Å². The fraction of sp³-hybridized carbons (Fsp3) is 0.0625. The van der Waals surface area contributed by atoms with Crippen molar-refractivity contribution in [2.24, 2.45) is 0 Å². The Balaban J connectivity index is 0.000000300. The van der Waals surface area contributed by atoms with E-state index in [2.05, 4.69) is 46.8 Å². The van der Waals surface area contributed by atoms with Crippen molar-refractivity contribution >= 4 is 32.3 Å². The maximum atomic E-state index is 8.83. The van der Waals surface area contributed by atoms with E-state index in [1.165, 1.54) is 26.7 Å². The number of H-pyrrole nitrogens is 1. The maximum absolute atomic E-state index is 8.83. The van der Waals surface area contributed by atoms with Crippen LogP contribution in [-0.2, 0) is 0 Å². The molecule has 6 nitrogen and oxygen atoms in total. The van der Waals surface area contributed by atoms with Crippen LogP contribution in [0.25, 0.3) is 32.2 Å². The van der Waals surface area contributed by atoms with Crippen LogP contribution in [0.4, 0.5) is 0 Å². The summed E-state index contributed by atoms with van der Waals surface area (Å²) >= 11 is 1.78. The molecule has 0 spiro atoms. The summed E-state index contributed by atoms with van der Waals surface area (Å²) in [7, 11) is -2.50. The Morgan fingerprint density at radius 3 is 2.50 bits per heavy atom.